The number of carboxylic acids is 1. The van der Waals surface area contributed by atoms with Crippen molar-refractivity contribution >= 4 is 16.7 Å². The SMILES string of the molecule is COc1c(C(=O)O)cccc1-c1c(C(C)C)ccc2ccccc12. The third-order valence-electron chi connectivity index (χ3n) is 4.30. The molecule has 0 aliphatic rings. The minimum Gasteiger partial charge on any atom is -0.495 e. The average Bonchev–Trinajstić information content (AvgIpc) is 2.59. The monoisotopic (exact) mass is 320 g/mol. The van der Waals surface area contributed by atoms with E-state index in [2.05, 4.69) is 38.1 Å². The van der Waals surface area contributed by atoms with Crippen LogP contribution in [0, 0.1) is 0 Å². The summed E-state index contributed by atoms with van der Waals surface area (Å²) in [5.74, 6) is -0.272. The Labute approximate surface area is 141 Å². The van der Waals surface area contributed by atoms with Crippen molar-refractivity contribution in [2.45, 2.75) is 19.8 Å². The van der Waals surface area contributed by atoms with Crippen LogP contribution in [0.4, 0.5) is 0 Å². The fourth-order valence-electron chi connectivity index (χ4n) is 3.19. The molecule has 3 heteroatoms. The van der Waals surface area contributed by atoms with Crippen LogP contribution in [0.1, 0.15) is 35.7 Å². The first-order chi connectivity index (χ1) is 11.5. The maximum absolute atomic E-state index is 11.6. The summed E-state index contributed by atoms with van der Waals surface area (Å²) in [5.41, 5.74) is 3.22. The predicted molar refractivity (Wildman–Crippen MR) is 97.0 cm³/mol. The summed E-state index contributed by atoms with van der Waals surface area (Å²) in [5, 5.41) is 11.7. The number of para-hydroxylation sites is 1. The molecule has 0 aromatic heterocycles. The molecule has 0 amide bonds. The van der Waals surface area contributed by atoms with Crippen molar-refractivity contribution in [2.75, 3.05) is 7.11 Å². The van der Waals surface area contributed by atoms with Crippen molar-refractivity contribution in [1.29, 1.82) is 0 Å². The molecule has 3 aromatic carbocycles. The molecule has 0 saturated carbocycles. The van der Waals surface area contributed by atoms with E-state index in [0.29, 0.717) is 11.7 Å². The molecule has 0 aliphatic carbocycles. The van der Waals surface area contributed by atoms with Crippen molar-refractivity contribution < 1.29 is 14.6 Å². The lowest BCUT2D eigenvalue weighted by molar-refractivity contribution is 0.0693. The van der Waals surface area contributed by atoms with Gasteiger partial charge < -0.3 is 9.84 Å². The fraction of sp³-hybridized carbons (Fsp3) is 0.190. The zero-order valence-electron chi connectivity index (χ0n) is 14.0. The quantitative estimate of drug-likeness (QED) is 0.706. The summed E-state index contributed by atoms with van der Waals surface area (Å²) in [6, 6.07) is 17.7. The lowest BCUT2D eigenvalue weighted by Gasteiger charge is -2.19. The number of hydrogen-bond acceptors (Lipinski definition) is 2. The standard InChI is InChI=1S/C21H20O3/c1-13(2)15-12-11-14-7-4-5-8-16(14)19(15)17-9-6-10-18(21(22)23)20(17)24-3/h4-13H,1-3H3,(H,22,23). The molecule has 3 rings (SSSR count). The highest BCUT2D eigenvalue weighted by molar-refractivity contribution is 6.02. The molecule has 0 radical (unpaired) electrons. The van der Waals surface area contributed by atoms with Crippen LogP contribution in [0.3, 0.4) is 0 Å². The number of carboxylic acid groups (broad SMARTS) is 1. The summed E-state index contributed by atoms with van der Waals surface area (Å²) < 4.78 is 5.50. The van der Waals surface area contributed by atoms with E-state index in [1.54, 1.807) is 12.1 Å². The van der Waals surface area contributed by atoms with Gasteiger partial charge in [0.25, 0.3) is 0 Å². The smallest absolute Gasteiger partial charge is 0.339 e. The zero-order chi connectivity index (χ0) is 17.3. The number of hydrogen-bond donors (Lipinski definition) is 1. The average molecular weight is 320 g/mol. The highest BCUT2D eigenvalue weighted by atomic mass is 16.5. The minimum atomic E-state index is -0.986. The normalized spacial score (nSPS) is 11.0. The van der Waals surface area contributed by atoms with Gasteiger partial charge in [0.05, 0.1) is 7.11 Å². The summed E-state index contributed by atoms with van der Waals surface area (Å²) >= 11 is 0. The van der Waals surface area contributed by atoms with E-state index in [1.807, 2.05) is 18.2 Å². The van der Waals surface area contributed by atoms with Crippen molar-refractivity contribution in [3.8, 4) is 16.9 Å². The first-order valence-electron chi connectivity index (χ1n) is 7.97. The van der Waals surface area contributed by atoms with Crippen LogP contribution in [-0.4, -0.2) is 18.2 Å². The molecule has 3 aromatic rings. The second-order valence-electron chi connectivity index (χ2n) is 6.10. The van der Waals surface area contributed by atoms with Crippen LogP contribution >= 0.6 is 0 Å². The molecule has 0 heterocycles. The lowest BCUT2D eigenvalue weighted by Crippen LogP contribution is -2.03. The largest absolute Gasteiger partial charge is 0.495 e. The number of rotatable bonds is 4. The Balaban J connectivity index is 2.43. The lowest BCUT2D eigenvalue weighted by atomic mass is 9.87. The molecule has 0 bridgehead atoms. The van der Waals surface area contributed by atoms with Gasteiger partial charge in [-0.2, -0.15) is 0 Å². The Morgan fingerprint density at radius 1 is 1.00 bits per heavy atom. The third-order valence-corrected chi connectivity index (χ3v) is 4.30. The second-order valence-corrected chi connectivity index (χ2v) is 6.10. The van der Waals surface area contributed by atoms with Crippen LogP contribution < -0.4 is 4.74 Å². The van der Waals surface area contributed by atoms with Gasteiger partial charge in [0, 0.05) is 5.56 Å². The summed E-state index contributed by atoms with van der Waals surface area (Å²) in [4.78, 5) is 11.6. The van der Waals surface area contributed by atoms with Gasteiger partial charge in [-0.15, -0.1) is 0 Å². The van der Waals surface area contributed by atoms with Gasteiger partial charge in [0.1, 0.15) is 11.3 Å². The summed E-state index contributed by atoms with van der Waals surface area (Å²) in [7, 11) is 1.52. The van der Waals surface area contributed by atoms with Crippen molar-refractivity contribution in [3.05, 3.63) is 65.7 Å². The molecule has 24 heavy (non-hydrogen) atoms. The van der Waals surface area contributed by atoms with Crippen LogP contribution in [0.5, 0.6) is 5.75 Å². The van der Waals surface area contributed by atoms with Gasteiger partial charge in [-0.3, -0.25) is 0 Å². The minimum absolute atomic E-state index is 0.178. The third kappa shape index (κ3) is 2.62. The molecule has 0 spiro atoms. The van der Waals surface area contributed by atoms with E-state index >= 15 is 0 Å². The molecule has 0 unspecified atom stereocenters. The van der Waals surface area contributed by atoms with Crippen molar-refractivity contribution in [2.24, 2.45) is 0 Å². The van der Waals surface area contributed by atoms with Crippen LogP contribution in [0.2, 0.25) is 0 Å². The first-order valence-corrected chi connectivity index (χ1v) is 7.97. The Hall–Kier alpha value is -2.81. The first kappa shape index (κ1) is 16.1. The topological polar surface area (TPSA) is 46.5 Å². The van der Waals surface area contributed by atoms with Gasteiger partial charge in [0.15, 0.2) is 0 Å². The van der Waals surface area contributed by atoms with E-state index in [1.165, 1.54) is 12.7 Å². The Morgan fingerprint density at radius 2 is 1.75 bits per heavy atom. The summed E-state index contributed by atoms with van der Waals surface area (Å²) in [6.07, 6.45) is 0. The van der Waals surface area contributed by atoms with Crippen LogP contribution in [0.25, 0.3) is 21.9 Å². The van der Waals surface area contributed by atoms with Gasteiger partial charge in [-0.1, -0.05) is 62.4 Å². The predicted octanol–water partition coefficient (Wildman–Crippen LogP) is 5.34. The number of aromatic carboxylic acids is 1. The van der Waals surface area contributed by atoms with Crippen molar-refractivity contribution in [3.63, 3.8) is 0 Å². The van der Waals surface area contributed by atoms with E-state index in [0.717, 1.165) is 21.9 Å². The molecule has 1 N–H and O–H groups in total. The van der Waals surface area contributed by atoms with Gasteiger partial charge >= 0.3 is 5.97 Å². The number of ether oxygens (including phenoxy) is 1. The highest BCUT2D eigenvalue weighted by Crippen LogP contribution is 2.41. The van der Waals surface area contributed by atoms with E-state index in [-0.39, 0.29) is 5.56 Å². The van der Waals surface area contributed by atoms with Crippen LogP contribution in [0.15, 0.2) is 54.6 Å². The maximum Gasteiger partial charge on any atom is 0.339 e. The zero-order valence-corrected chi connectivity index (χ0v) is 14.0. The highest BCUT2D eigenvalue weighted by Gasteiger charge is 2.20. The molecular formula is C21H20O3. The van der Waals surface area contributed by atoms with E-state index in [9.17, 15) is 9.90 Å². The molecular weight excluding hydrogens is 300 g/mol. The summed E-state index contributed by atoms with van der Waals surface area (Å²) in [6.45, 7) is 4.28. The molecule has 0 fully saturated rings. The molecule has 0 saturated heterocycles. The number of methoxy groups -OCH3 is 1. The maximum atomic E-state index is 11.6. The number of benzene rings is 3. The Morgan fingerprint density at radius 3 is 2.42 bits per heavy atom. The van der Waals surface area contributed by atoms with E-state index in [4.69, 9.17) is 4.74 Å². The van der Waals surface area contributed by atoms with Gasteiger partial charge in [-0.25, -0.2) is 4.79 Å². The van der Waals surface area contributed by atoms with Crippen LogP contribution in [-0.2, 0) is 0 Å². The van der Waals surface area contributed by atoms with Gasteiger partial charge in [-0.05, 0) is 33.9 Å². The molecule has 3 nitrogen and oxygen atoms in total. The van der Waals surface area contributed by atoms with Crippen molar-refractivity contribution in [1.82, 2.24) is 0 Å². The number of carbonyl (C=O) groups is 1. The van der Waals surface area contributed by atoms with Gasteiger partial charge in [0.2, 0.25) is 0 Å². The second kappa shape index (κ2) is 6.36. The van der Waals surface area contributed by atoms with E-state index < -0.39 is 5.97 Å². The molecule has 122 valence electrons. The molecule has 0 aliphatic heterocycles. The number of fused-ring (bicyclic) bond motifs is 1. The Bertz CT molecular complexity index is 910. The fourth-order valence-corrected chi connectivity index (χ4v) is 3.19. The molecule has 0 atom stereocenters. The Kier molecular flexibility index (Phi) is 4.26.